The largest absolute Gasteiger partial charge is 0.348 e. The van der Waals surface area contributed by atoms with Gasteiger partial charge < -0.3 is 5.32 Å². The standard InChI is InChI=1S/C21H14ClFN2OS/c22-20-16-3-1-2-4-18(16)27-19-10-7-14(11-17(19)25-20)21(26)24-12-13-5-8-15(23)9-6-13/h1-11H,12H2,(H,24,26). The third-order valence-electron chi connectivity index (χ3n) is 4.14. The van der Waals surface area contributed by atoms with Crippen molar-refractivity contribution < 1.29 is 9.18 Å². The Bertz CT molecular complexity index is 1050. The topological polar surface area (TPSA) is 41.5 Å². The van der Waals surface area contributed by atoms with Gasteiger partial charge in [-0.2, -0.15) is 0 Å². The molecule has 1 aliphatic rings. The van der Waals surface area contributed by atoms with E-state index in [0.29, 0.717) is 23.0 Å². The Labute approximate surface area is 165 Å². The summed E-state index contributed by atoms with van der Waals surface area (Å²) in [5.74, 6) is -0.524. The first-order valence-electron chi connectivity index (χ1n) is 8.28. The van der Waals surface area contributed by atoms with Crippen LogP contribution in [0.25, 0.3) is 0 Å². The number of halogens is 2. The summed E-state index contributed by atoms with van der Waals surface area (Å²) in [6.45, 7) is 0.320. The van der Waals surface area contributed by atoms with E-state index in [1.165, 1.54) is 12.1 Å². The van der Waals surface area contributed by atoms with E-state index in [1.54, 1.807) is 36.0 Å². The van der Waals surface area contributed by atoms with Gasteiger partial charge in [0.15, 0.2) is 0 Å². The van der Waals surface area contributed by atoms with Crippen LogP contribution in [0, 0.1) is 5.82 Å². The predicted molar refractivity (Wildman–Crippen MR) is 107 cm³/mol. The van der Waals surface area contributed by atoms with Gasteiger partial charge in [-0.05, 0) is 42.0 Å². The maximum atomic E-state index is 13.0. The van der Waals surface area contributed by atoms with Crippen LogP contribution in [0.4, 0.5) is 10.1 Å². The molecule has 0 saturated carbocycles. The summed E-state index contributed by atoms with van der Waals surface area (Å²) in [5, 5.41) is 3.24. The van der Waals surface area contributed by atoms with E-state index >= 15 is 0 Å². The minimum Gasteiger partial charge on any atom is -0.348 e. The monoisotopic (exact) mass is 396 g/mol. The first kappa shape index (κ1) is 17.8. The molecule has 6 heteroatoms. The molecule has 0 saturated heterocycles. The van der Waals surface area contributed by atoms with E-state index < -0.39 is 0 Å². The molecular formula is C21H14ClFN2OS. The van der Waals surface area contributed by atoms with Gasteiger partial charge in [0.05, 0.1) is 5.69 Å². The van der Waals surface area contributed by atoms with Crippen LogP contribution in [0.15, 0.2) is 81.5 Å². The predicted octanol–water partition coefficient (Wildman–Crippen LogP) is 5.54. The number of hydrogen-bond donors (Lipinski definition) is 1. The molecule has 0 unspecified atom stereocenters. The van der Waals surface area contributed by atoms with E-state index in [-0.39, 0.29) is 11.7 Å². The van der Waals surface area contributed by atoms with Crippen molar-refractivity contribution in [3.8, 4) is 0 Å². The number of hydrogen-bond acceptors (Lipinski definition) is 3. The number of amides is 1. The summed E-state index contributed by atoms with van der Waals surface area (Å²) < 4.78 is 13.0. The molecule has 0 spiro atoms. The van der Waals surface area contributed by atoms with Crippen LogP contribution in [0.3, 0.4) is 0 Å². The van der Waals surface area contributed by atoms with Crippen LogP contribution in [-0.4, -0.2) is 11.1 Å². The van der Waals surface area contributed by atoms with Gasteiger partial charge in [-0.15, -0.1) is 0 Å². The molecule has 134 valence electrons. The molecule has 1 N–H and O–H groups in total. The Hall–Kier alpha value is -2.63. The van der Waals surface area contributed by atoms with Gasteiger partial charge in [-0.1, -0.05) is 53.7 Å². The van der Waals surface area contributed by atoms with Crippen LogP contribution >= 0.6 is 23.4 Å². The van der Waals surface area contributed by atoms with Gasteiger partial charge in [-0.3, -0.25) is 4.79 Å². The highest BCUT2D eigenvalue weighted by Gasteiger charge is 2.17. The van der Waals surface area contributed by atoms with E-state index in [0.717, 1.165) is 20.9 Å². The summed E-state index contributed by atoms with van der Waals surface area (Å²) in [7, 11) is 0. The lowest BCUT2D eigenvalue weighted by molar-refractivity contribution is 0.0951. The molecular weight excluding hydrogens is 383 g/mol. The van der Waals surface area contributed by atoms with Crippen molar-refractivity contribution in [1.29, 1.82) is 0 Å². The smallest absolute Gasteiger partial charge is 0.251 e. The molecule has 0 radical (unpaired) electrons. The second kappa shape index (κ2) is 7.55. The molecule has 1 aliphatic heterocycles. The molecule has 1 amide bonds. The summed E-state index contributed by atoms with van der Waals surface area (Å²) in [4.78, 5) is 18.9. The number of nitrogens with one attached hydrogen (secondary N) is 1. The van der Waals surface area contributed by atoms with Gasteiger partial charge in [0, 0.05) is 27.5 Å². The molecule has 0 aliphatic carbocycles. The first-order chi connectivity index (χ1) is 13.1. The van der Waals surface area contributed by atoms with Gasteiger partial charge >= 0.3 is 0 Å². The van der Waals surface area contributed by atoms with Gasteiger partial charge in [0.2, 0.25) is 0 Å². The Morgan fingerprint density at radius 1 is 1.04 bits per heavy atom. The normalized spacial score (nSPS) is 12.4. The number of carbonyl (C=O) groups is 1. The Balaban J connectivity index is 1.56. The van der Waals surface area contributed by atoms with E-state index in [9.17, 15) is 9.18 Å². The van der Waals surface area contributed by atoms with Crippen molar-refractivity contribution in [3.05, 3.63) is 89.2 Å². The van der Waals surface area contributed by atoms with Gasteiger partial charge in [0.1, 0.15) is 11.0 Å². The molecule has 0 atom stereocenters. The lowest BCUT2D eigenvalue weighted by atomic mass is 10.1. The second-order valence-electron chi connectivity index (χ2n) is 5.99. The van der Waals surface area contributed by atoms with Gasteiger partial charge in [0.25, 0.3) is 5.91 Å². The zero-order valence-electron chi connectivity index (χ0n) is 14.1. The fourth-order valence-electron chi connectivity index (χ4n) is 2.73. The van der Waals surface area contributed by atoms with Crippen LogP contribution in [-0.2, 0) is 6.54 Å². The Kier molecular flexibility index (Phi) is 4.97. The van der Waals surface area contributed by atoms with Crippen molar-refractivity contribution in [2.75, 3.05) is 0 Å². The van der Waals surface area contributed by atoms with Crippen LogP contribution < -0.4 is 5.32 Å². The Morgan fingerprint density at radius 2 is 1.81 bits per heavy atom. The average molecular weight is 397 g/mol. The average Bonchev–Trinajstić information content (AvgIpc) is 2.82. The first-order valence-corrected chi connectivity index (χ1v) is 9.48. The molecule has 4 rings (SSSR count). The molecule has 0 fully saturated rings. The highest BCUT2D eigenvalue weighted by atomic mass is 35.5. The SMILES string of the molecule is O=C(NCc1ccc(F)cc1)c1ccc2c(c1)N=C(Cl)c1ccccc1S2. The van der Waals surface area contributed by atoms with E-state index in [4.69, 9.17) is 11.6 Å². The number of carbonyl (C=O) groups excluding carboxylic acids is 1. The van der Waals surface area contributed by atoms with Crippen molar-refractivity contribution in [3.63, 3.8) is 0 Å². The highest BCUT2D eigenvalue weighted by Crippen LogP contribution is 2.41. The number of aliphatic imine (C=N–C) groups is 1. The third-order valence-corrected chi connectivity index (χ3v) is 5.56. The number of nitrogens with zero attached hydrogens (tertiary/aromatic N) is 1. The minimum absolute atomic E-state index is 0.222. The number of fused-ring (bicyclic) bond motifs is 2. The van der Waals surface area contributed by atoms with Crippen LogP contribution in [0.2, 0.25) is 0 Å². The van der Waals surface area contributed by atoms with Crippen molar-refractivity contribution in [2.24, 2.45) is 4.99 Å². The minimum atomic E-state index is -0.302. The van der Waals surface area contributed by atoms with Crippen molar-refractivity contribution in [2.45, 2.75) is 16.3 Å². The fourth-order valence-corrected chi connectivity index (χ4v) is 4.04. The van der Waals surface area contributed by atoms with Crippen molar-refractivity contribution in [1.82, 2.24) is 5.32 Å². The van der Waals surface area contributed by atoms with Crippen LogP contribution in [0.1, 0.15) is 21.5 Å². The molecule has 27 heavy (non-hydrogen) atoms. The lowest BCUT2D eigenvalue weighted by Crippen LogP contribution is -2.22. The van der Waals surface area contributed by atoms with Gasteiger partial charge in [-0.25, -0.2) is 9.38 Å². The summed E-state index contributed by atoms with van der Waals surface area (Å²) in [5.41, 5.74) is 2.86. The molecule has 0 bridgehead atoms. The zero-order valence-corrected chi connectivity index (χ0v) is 15.7. The van der Waals surface area contributed by atoms with E-state index in [2.05, 4.69) is 10.3 Å². The lowest BCUT2D eigenvalue weighted by Gasteiger charge is -2.08. The zero-order chi connectivity index (χ0) is 18.8. The van der Waals surface area contributed by atoms with Crippen LogP contribution in [0.5, 0.6) is 0 Å². The molecule has 3 nitrogen and oxygen atoms in total. The van der Waals surface area contributed by atoms with E-state index in [1.807, 2.05) is 30.3 Å². The Morgan fingerprint density at radius 3 is 2.63 bits per heavy atom. The molecule has 3 aromatic carbocycles. The molecule has 3 aromatic rings. The quantitative estimate of drug-likeness (QED) is 0.631. The summed E-state index contributed by atoms with van der Waals surface area (Å²) in [6.07, 6.45) is 0. The number of rotatable bonds is 3. The molecule has 1 heterocycles. The summed E-state index contributed by atoms with van der Waals surface area (Å²) in [6, 6.07) is 19.2. The second-order valence-corrected chi connectivity index (χ2v) is 7.43. The highest BCUT2D eigenvalue weighted by molar-refractivity contribution is 7.99. The summed E-state index contributed by atoms with van der Waals surface area (Å²) >= 11 is 7.94. The molecule has 0 aromatic heterocycles. The van der Waals surface area contributed by atoms with Crippen molar-refractivity contribution >= 4 is 40.1 Å². The maximum absolute atomic E-state index is 13.0. The fraction of sp³-hybridized carbons (Fsp3) is 0.0476. The maximum Gasteiger partial charge on any atom is 0.251 e. The third kappa shape index (κ3) is 3.89. The number of benzene rings is 3.